The molecule has 0 saturated carbocycles. The van der Waals surface area contributed by atoms with Crippen molar-refractivity contribution < 1.29 is 9.18 Å². The smallest absolute Gasteiger partial charge is 0.228 e. The number of piperazine rings is 1. The first-order chi connectivity index (χ1) is 11.5. The average molecular weight is 347 g/mol. The van der Waals surface area contributed by atoms with Gasteiger partial charge in [0.15, 0.2) is 0 Å². The van der Waals surface area contributed by atoms with Crippen LogP contribution < -0.4 is 0 Å². The Labute approximate surface area is 145 Å². The van der Waals surface area contributed by atoms with Gasteiger partial charge in [-0.15, -0.1) is 11.3 Å². The number of hydrogen-bond donors (Lipinski definition) is 0. The van der Waals surface area contributed by atoms with Crippen LogP contribution in [0.15, 0.2) is 29.6 Å². The predicted molar refractivity (Wildman–Crippen MR) is 93.5 cm³/mol. The van der Waals surface area contributed by atoms with Crippen LogP contribution in [-0.4, -0.2) is 46.9 Å². The van der Waals surface area contributed by atoms with E-state index in [0.717, 1.165) is 29.4 Å². The Morgan fingerprint density at radius 1 is 1.29 bits per heavy atom. The van der Waals surface area contributed by atoms with Gasteiger partial charge in [-0.25, -0.2) is 9.37 Å². The van der Waals surface area contributed by atoms with Crippen LogP contribution in [0.4, 0.5) is 4.39 Å². The number of thiazole rings is 1. The molecule has 2 aromatic rings. The number of rotatable bonds is 4. The second kappa shape index (κ2) is 7.40. The molecule has 1 atom stereocenters. The lowest BCUT2D eigenvalue weighted by Gasteiger charge is -2.38. The van der Waals surface area contributed by atoms with Gasteiger partial charge in [-0.05, 0) is 19.9 Å². The van der Waals surface area contributed by atoms with Crippen LogP contribution in [0.5, 0.6) is 0 Å². The van der Waals surface area contributed by atoms with Crippen molar-refractivity contribution >= 4 is 17.2 Å². The fraction of sp³-hybridized carbons (Fsp3) is 0.444. The molecule has 1 aromatic carbocycles. The number of carbonyl (C=O) groups excluding carboxylic acids is 1. The average Bonchev–Trinajstić information content (AvgIpc) is 2.99. The molecule has 0 bridgehead atoms. The number of benzene rings is 1. The van der Waals surface area contributed by atoms with Gasteiger partial charge >= 0.3 is 0 Å². The molecule has 3 rings (SSSR count). The van der Waals surface area contributed by atoms with E-state index in [1.54, 1.807) is 17.4 Å². The summed E-state index contributed by atoms with van der Waals surface area (Å²) in [5.41, 5.74) is 1.57. The van der Waals surface area contributed by atoms with E-state index in [0.29, 0.717) is 19.5 Å². The standard InChI is InChI=1S/C18H22FN3OS/c1-13(16-5-3-4-6-17(16)19)21-7-9-22(10-8-21)18(23)11-15-12-24-14(2)20-15/h3-6,12-13H,7-11H2,1-2H3/t13-/m0/s1. The Morgan fingerprint density at radius 3 is 2.62 bits per heavy atom. The molecular formula is C18H22FN3OS. The predicted octanol–water partition coefficient (Wildman–Crippen LogP) is 3.04. The van der Waals surface area contributed by atoms with E-state index in [4.69, 9.17) is 0 Å². The lowest BCUT2D eigenvalue weighted by atomic mass is 10.1. The maximum atomic E-state index is 13.9. The third-order valence-corrected chi connectivity index (χ3v) is 5.39. The zero-order valence-corrected chi connectivity index (χ0v) is 14.9. The topological polar surface area (TPSA) is 36.4 Å². The molecule has 24 heavy (non-hydrogen) atoms. The summed E-state index contributed by atoms with van der Waals surface area (Å²) in [7, 11) is 0. The van der Waals surface area contributed by atoms with Crippen LogP contribution in [0, 0.1) is 12.7 Å². The van der Waals surface area contributed by atoms with Gasteiger partial charge in [-0.1, -0.05) is 18.2 Å². The highest BCUT2D eigenvalue weighted by Crippen LogP contribution is 2.24. The monoisotopic (exact) mass is 347 g/mol. The van der Waals surface area contributed by atoms with E-state index in [-0.39, 0.29) is 17.8 Å². The van der Waals surface area contributed by atoms with Gasteiger partial charge in [0.1, 0.15) is 5.82 Å². The molecule has 1 amide bonds. The van der Waals surface area contributed by atoms with Crippen molar-refractivity contribution in [1.29, 1.82) is 0 Å². The maximum Gasteiger partial charge on any atom is 0.228 e. The number of hydrogen-bond acceptors (Lipinski definition) is 4. The summed E-state index contributed by atoms with van der Waals surface area (Å²) >= 11 is 1.57. The SMILES string of the molecule is Cc1nc(CC(=O)N2CCN([C@@H](C)c3ccccc3F)CC2)cs1. The fourth-order valence-electron chi connectivity index (χ4n) is 3.13. The summed E-state index contributed by atoms with van der Waals surface area (Å²) in [4.78, 5) is 20.9. The Bertz CT molecular complexity index is 710. The van der Waals surface area contributed by atoms with Crippen LogP contribution in [0.25, 0.3) is 0 Å². The molecule has 1 saturated heterocycles. The number of aromatic nitrogens is 1. The van der Waals surface area contributed by atoms with Crippen molar-refractivity contribution in [3.05, 3.63) is 51.7 Å². The first kappa shape index (κ1) is 17.0. The highest BCUT2D eigenvalue weighted by Gasteiger charge is 2.26. The first-order valence-corrected chi connectivity index (χ1v) is 9.10. The summed E-state index contributed by atoms with van der Waals surface area (Å²) in [5.74, 6) is -0.0408. The minimum Gasteiger partial charge on any atom is -0.340 e. The number of carbonyl (C=O) groups is 1. The molecule has 1 aliphatic rings. The Hall–Kier alpha value is -1.79. The maximum absolute atomic E-state index is 13.9. The largest absolute Gasteiger partial charge is 0.340 e. The zero-order valence-electron chi connectivity index (χ0n) is 14.0. The molecule has 1 aliphatic heterocycles. The van der Waals surface area contributed by atoms with E-state index in [9.17, 15) is 9.18 Å². The van der Waals surface area contributed by atoms with Gasteiger partial charge in [-0.2, -0.15) is 0 Å². The van der Waals surface area contributed by atoms with Crippen LogP contribution in [0.3, 0.4) is 0 Å². The molecule has 0 spiro atoms. The van der Waals surface area contributed by atoms with Crippen molar-refractivity contribution in [2.24, 2.45) is 0 Å². The lowest BCUT2D eigenvalue weighted by Crippen LogP contribution is -2.49. The number of aryl methyl sites for hydroxylation is 1. The second-order valence-corrected chi connectivity index (χ2v) is 7.21. The highest BCUT2D eigenvalue weighted by atomic mass is 32.1. The van der Waals surface area contributed by atoms with Crippen LogP contribution in [0.2, 0.25) is 0 Å². The van der Waals surface area contributed by atoms with E-state index < -0.39 is 0 Å². The molecular weight excluding hydrogens is 325 g/mol. The number of amides is 1. The number of halogens is 1. The van der Waals surface area contributed by atoms with Gasteiger partial charge in [0.05, 0.1) is 17.1 Å². The first-order valence-electron chi connectivity index (χ1n) is 8.22. The summed E-state index contributed by atoms with van der Waals surface area (Å²) in [6, 6.07) is 6.93. The van der Waals surface area contributed by atoms with E-state index >= 15 is 0 Å². The third-order valence-electron chi connectivity index (χ3n) is 4.57. The van der Waals surface area contributed by atoms with E-state index in [1.807, 2.05) is 36.3 Å². The van der Waals surface area contributed by atoms with Crippen LogP contribution in [0.1, 0.15) is 29.2 Å². The summed E-state index contributed by atoms with van der Waals surface area (Å²) in [6.45, 7) is 6.85. The van der Waals surface area contributed by atoms with E-state index in [2.05, 4.69) is 9.88 Å². The molecule has 0 radical (unpaired) electrons. The molecule has 6 heteroatoms. The van der Waals surface area contributed by atoms with Gasteiger partial charge in [0, 0.05) is 43.2 Å². The van der Waals surface area contributed by atoms with Crippen LogP contribution in [-0.2, 0) is 11.2 Å². The van der Waals surface area contributed by atoms with Crippen molar-refractivity contribution in [2.75, 3.05) is 26.2 Å². The van der Waals surface area contributed by atoms with Gasteiger partial charge in [-0.3, -0.25) is 9.69 Å². The Kier molecular flexibility index (Phi) is 5.26. The van der Waals surface area contributed by atoms with Gasteiger partial charge in [0.2, 0.25) is 5.91 Å². The van der Waals surface area contributed by atoms with E-state index in [1.165, 1.54) is 6.07 Å². The molecule has 128 valence electrons. The van der Waals surface area contributed by atoms with Crippen molar-refractivity contribution in [3.63, 3.8) is 0 Å². The molecule has 0 unspecified atom stereocenters. The third kappa shape index (κ3) is 3.82. The van der Waals surface area contributed by atoms with Crippen molar-refractivity contribution in [3.8, 4) is 0 Å². The molecule has 1 aromatic heterocycles. The Balaban J connectivity index is 1.55. The quantitative estimate of drug-likeness (QED) is 0.853. The van der Waals surface area contributed by atoms with Crippen molar-refractivity contribution in [2.45, 2.75) is 26.3 Å². The summed E-state index contributed by atoms with van der Waals surface area (Å²) < 4.78 is 13.9. The minimum atomic E-state index is -0.164. The lowest BCUT2D eigenvalue weighted by molar-refractivity contribution is -0.132. The normalized spacial score (nSPS) is 17.0. The molecule has 0 N–H and O–H groups in total. The molecule has 1 fully saturated rings. The summed E-state index contributed by atoms with van der Waals surface area (Å²) in [6.07, 6.45) is 0.368. The highest BCUT2D eigenvalue weighted by molar-refractivity contribution is 7.09. The number of nitrogens with zero attached hydrogens (tertiary/aromatic N) is 3. The minimum absolute atomic E-state index is 0.0182. The van der Waals surface area contributed by atoms with Crippen molar-refractivity contribution in [1.82, 2.24) is 14.8 Å². The van der Waals surface area contributed by atoms with Gasteiger partial charge in [0.25, 0.3) is 0 Å². The molecule has 4 nitrogen and oxygen atoms in total. The second-order valence-electron chi connectivity index (χ2n) is 6.15. The zero-order chi connectivity index (χ0) is 17.1. The Morgan fingerprint density at radius 2 is 2.00 bits per heavy atom. The fourth-order valence-corrected chi connectivity index (χ4v) is 3.74. The summed E-state index contributed by atoms with van der Waals surface area (Å²) in [5, 5.41) is 2.94. The molecule has 2 heterocycles. The van der Waals surface area contributed by atoms with Gasteiger partial charge < -0.3 is 4.90 Å². The molecule has 0 aliphatic carbocycles. The van der Waals surface area contributed by atoms with Crippen LogP contribution >= 0.6 is 11.3 Å².